The van der Waals surface area contributed by atoms with Gasteiger partial charge in [-0.2, -0.15) is 0 Å². The first-order valence-electron chi connectivity index (χ1n) is 12.0. The van der Waals surface area contributed by atoms with E-state index in [9.17, 15) is 19.2 Å². The summed E-state index contributed by atoms with van der Waals surface area (Å²) in [6.07, 6.45) is 0.390. The smallest absolute Gasteiger partial charge is 0.337 e. The topological polar surface area (TPSA) is 120 Å². The zero-order valence-electron chi connectivity index (χ0n) is 21.5. The van der Waals surface area contributed by atoms with Gasteiger partial charge in [0.15, 0.2) is 6.61 Å². The maximum Gasteiger partial charge on any atom is 0.337 e. The van der Waals surface area contributed by atoms with Crippen LogP contribution in [0.3, 0.4) is 0 Å². The van der Waals surface area contributed by atoms with Gasteiger partial charge in [0.1, 0.15) is 11.5 Å². The van der Waals surface area contributed by atoms with Crippen LogP contribution in [0.1, 0.15) is 40.7 Å². The molecule has 0 saturated carbocycles. The van der Waals surface area contributed by atoms with Crippen LogP contribution in [-0.2, 0) is 23.9 Å². The van der Waals surface area contributed by atoms with E-state index in [1.54, 1.807) is 24.3 Å². The molecule has 2 amide bonds. The van der Waals surface area contributed by atoms with Crippen LogP contribution in [0.2, 0.25) is 0 Å². The number of nitrogens with one attached hydrogen (secondary N) is 2. The van der Waals surface area contributed by atoms with Gasteiger partial charge in [0.25, 0.3) is 5.91 Å². The molecule has 38 heavy (non-hydrogen) atoms. The normalized spacial score (nSPS) is 10.3. The molecule has 2 N–H and O–H groups in total. The number of carbonyl (C=O) groups is 4. The van der Waals surface area contributed by atoms with E-state index in [1.807, 2.05) is 26.0 Å². The maximum atomic E-state index is 12.2. The molecule has 3 aromatic carbocycles. The van der Waals surface area contributed by atoms with Crippen LogP contribution >= 0.6 is 0 Å². The molecular weight excluding hydrogens is 488 g/mol. The van der Waals surface area contributed by atoms with E-state index >= 15 is 0 Å². The van der Waals surface area contributed by atoms with Crippen LogP contribution in [0.25, 0.3) is 0 Å². The van der Waals surface area contributed by atoms with Crippen molar-refractivity contribution in [3.63, 3.8) is 0 Å². The van der Waals surface area contributed by atoms with Gasteiger partial charge in [0, 0.05) is 24.2 Å². The molecular formula is C29H30N2O7. The summed E-state index contributed by atoms with van der Waals surface area (Å²) in [5.41, 5.74) is 3.63. The van der Waals surface area contributed by atoms with Crippen LogP contribution in [0, 0.1) is 13.8 Å². The van der Waals surface area contributed by atoms with Crippen molar-refractivity contribution >= 4 is 35.1 Å². The average molecular weight is 519 g/mol. The molecule has 0 spiro atoms. The molecule has 0 unspecified atom stereocenters. The van der Waals surface area contributed by atoms with E-state index in [0.29, 0.717) is 22.7 Å². The number of hydrogen-bond acceptors (Lipinski definition) is 7. The molecule has 0 saturated heterocycles. The number of methoxy groups -OCH3 is 1. The lowest BCUT2D eigenvalue weighted by atomic mass is 10.1. The molecule has 0 fully saturated rings. The monoisotopic (exact) mass is 518 g/mol. The summed E-state index contributed by atoms with van der Waals surface area (Å²) in [5.74, 6) is -0.430. The molecule has 0 radical (unpaired) electrons. The highest BCUT2D eigenvalue weighted by Crippen LogP contribution is 2.25. The lowest BCUT2D eigenvalue weighted by Crippen LogP contribution is -2.21. The van der Waals surface area contributed by atoms with E-state index in [4.69, 9.17) is 9.47 Å². The Hall–Kier alpha value is -4.66. The second-order valence-corrected chi connectivity index (χ2v) is 8.63. The van der Waals surface area contributed by atoms with Gasteiger partial charge in [0.05, 0.1) is 12.7 Å². The summed E-state index contributed by atoms with van der Waals surface area (Å²) in [4.78, 5) is 47.5. The fourth-order valence-electron chi connectivity index (χ4n) is 3.57. The van der Waals surface area contributed by atoms with E-state index < -0.39 is 24.5 Å². The van der Waals surface area contributed by atoms with Gasteiger partial charge < -0.3 is 24.8 Å². The van der Waals surface area contributed by atoms with Crippen molar-refractivity contribution in [1.82, 2.24) is 0 Å². The Morgan fingerprint density at radius 3 is 1.89 bits per heavy atom. The van der Waals surface area contributed by atoms with Crippen molar-refractivity contribution < 1.29 is 33.4 Å². The van der Waals surface area contributed by atoms with Crippen molar-refractivity contribution in [2.24, 2.45) is 0 Å². The Morgan fingerprint density at radius 2 is 1.29 bits per heavy atom. The first-order chi connectivity index (χ1) is 18.2. The number of amides is 2. The van der Waals surface area contributed by atoms with Crippen LogP contribution in [0.15, 0.2) is 66.7 Å². The predicted octanol–water partition coefficient (Wildman–Crippen LogP) is 5.17. The third-order valence-electron chi connectivity index (χ3n) is 5.31. The zero-order valence-corrected chi connectivity index (χ0v) is 21.5. The van der Waals surface area contributed by atoms with E-state index in [2.05, 4.69) is 21.4 Å². The quantitative estimate of drug-likeness (QED) is 0.336. The number of anilines is 2. The zero-order chi connectivity index (χ0) is 27.5. The summed E-state index contributed by atoms with van der Waals surface area (Å²) in [7, 11) is 1.28. The van der Waals surface area contributed by atoms with Crippen molar-refractivity contribution in [3.05, 3.63) is 83.4 Å². The minimum Gasteiger partial charge on any atom is -0.465 e. The van der Waals surface area contributed by atoms with Crippen molar-refractivity contribution in [2.45, 2.75) is 33.1 Å². The van der Waals surface area contributed by atoms with Crippen molar-refractivity contribution in [1.29, 1.82) is 0 Å². The second kappa shape index (κ2) is 13.6. The first kappa shape index (κ1) is 27.9. The molecule has 0 bridgehead atoms. The van der Waals surface area contributed by atoms with Crippen LogP contribution in [0.4, 0.5) is 11.4 Å². The van der Waals surface area contributed by atoms with Crippen molar-refractivity contribution in [2.75, 3.05) is 24.4 Å². The third-order valence-corrected chi connectivity index (χ3v) is 5.31. The molecule has 9 heteroatoms. The summed E-state index contributed by atoms with van der Waals surface area (Å²) < 4.78 is 15.4. The second-order valence-electron chi connectivity index (χ2n) is 8.63. The maximum absolute atomic E-state index is 12.2. The van der Waals surface area contributed by atoms with Crippen LogP contribution in [0.5, 0.6) is 11.5 Å². The molecule has 3 rings (SSSR count). The van der Waals surface area contributed by atoms with Gasteiger partial charge in [-0.15, -0.1) is 0 Å². The lowest BCUT2D eigenvalue weighted by molar-refractivity contribution is -0.147. The number of esters is 2. The minimum atomic E-state index is -0.582. The van der Waals surface area contributed by atoms with E-state index in [0.717, 1.165) is 16.9 Å². The SMILES string of the molecule is COC(=O)c1ccc(NC(=O)COC(=O)CCCC(=O)Nc2ccc(Oc3cc(C)cc(C)c3)cc2)cc1. The Balaban J connectivity index is 1.33. The molecule has 0 aliphatic carbocycles. The summed E-state index contributed by atoms with van der Waals surface area (Å²) in [6, 6.07) is 19.1. The average Bonchev–Trinajstić information content (AvgIpc) is 2.88. The molecule has 0 aliphatic rings. The molecule has 198 valence electrons. The highest BCUT2D eigenvalue weighted by Gasteiger charge is 2.11. The lowest BCUT2D eigenvalue weighted by Gasteiger charge is -2.10. The fourth-order valence-corrected chi connectivity index (χ4v) is 3.57. The molecule has 3 aromatic rings. The summed E-state index contributed by atoms with van der Waals surface area (Å²) in [6.45, 7) is 3.55. The third kappa shape index (κ3) is 9.09. The predicted molar refractivity (Wildman–Crippen MR) is 142 cm³/mol. The minimum absolute atomic E-state index is 0.00276. The molecule has 9 nitrogen and oxygen atoms in total. The van der Waals surface area contributed by atoms with Crippen LogP contribution < -0.4 is 15.4 Å². The molecule has 0 atom stereocenters. The Bertz CT molecular complexity index is 1270. The Labute approximate surface area is 221 Å². The number of aryl methyl sites for hydroxylation is 2. The van der Waals surface area contributed by atoms with Gasteiger partial charge in [0.2, 0.25) is 5.91 Å². The van der Waals surface area contributed by atoms with Gasteiger partial charge >= 0.3 is 11.9 Å². The Kier molecular flexibility index (Phi) is 9.99. The molecule has 0 aliphatic heterocycles. The number of rotatable bonds is 11. The van der Waals surface area contributed by atoms with Gasteiger partial charge in [-0.3, -0.25) is 14.4 Å². The molecule has 0 aromatic heterocycles. The highest BCUT2D eigenvalue weighted by molar-refractivity contribution is 5.94. The highest BCUT2D eigenvalue weighted by atomic mass is 16.5. The number of hydrogen-bond donors (Lipinski definition) is 2. The summed E-state index contributed by atoms with van der Waals surface area (Å²) >= 11 is 0. The standard InChI is InChI=1S/C29H30N2O7/c1-19-15-20(2)17-25(16-19)38-24-13-11-23(12-14-24)30-26(32)5-4-6-28(34)37-18-27(33)31-22-9-7-21(8-10-22)29(35)36-3/h7-17H,4-6,18H2,1-3H3,(H,30,32)(H,31,33). The number of ether oxygens (including phenoxy) is 3. The Morgan fingerprint density at radius 1 is 0.711 bits per heavy atom. The van der Waals surface area contributed by atoms with Gasteiger partial charge in [-0.25, -0.2) is 4.79 Å². The van der Waals surface area contributed by atoms with Crippen molar-refractivity contribution in [3.8, 4) is 11.5 Å². The molecule has 0 heterocycles. The van der Waals surface area contributed by atoms with Gasteiger partial charge in [-0.1, -0.05) is 6.07 Å². The van der Waals surface area contributed by atoms with Gasteiger partial charge in [-0.05, 0) is 92.1 Å². The number of benzene rings is 3. The summed E-state index contributed by atoms with van der Waals surface area (Å²) in [5, 5.41) is 5.34. The first-order valence-corrected chi connectivity index (χ1v) is 12.0. The van der Waals surface area contributed by atoms with E-state index in [1.165, 1.54) is 31.4 Å². The van der Waals surface area contributed by atoms with E-state index in [-0.39, 0.29) is 25.2 Å². The largest absolute Gasteiger partial charge is 0.465 e. The van der Waals surface area contributed by atoms with Crippen LogP contribution in [-0.4, -0.2) is 37.5 Å². The number of carbonyl (C=O) groups excluding carboxylic acids is 4. The fraction of sp³-hybridized carbons (Fsp3) is 0.241.